The number of methoxy groups -OCH3 is 1. The van der Waals surface area contributed by atoms with E-state index in [1.807, 2.05) is 38.1 Å². The molecule has 1 heterocycles. The van der Waals surface area contributed by atoms with Crippen molar-refractivity contribution in [2.75, 3.05) is 19.0 Å². The zero-order valence-corrected chi connectivity index (χ0v) is 14.4. The third-order valence-corrected chi connectivity index (χ3v) is 3.77. The fourth-order valence-electron chi connectivity index (χ4n) is 2.16. The Hall–Kier alpha value is -2.63. The van der Waals surface area contributed by atoms with Gasteiger partial charge in [-0.25, -0.2) is 9.97 Å². The van der Waals surface area contributed by atoms with Crippen LogP contribution in [0.4, 0.5) is 5.95 Å². The minimum absolute atomic E-state index is 0.135. The van der Waals surface area contributed by atoms with Crippen molar-refractivity contribution >= 4 is 11.9 Å². The number of nitrogens with zero attached hydrogens (tertiary/aromatic N) is 2. The lowest BCUT2D eigenvalue weighted by molar-refractivity contribution is 0.0938. The Balaban J connectivity index is 1.87. The Morgan fingerprint density at radius 2 is 1.96 bits per heavy atom. The van der Waals surface area contributed by atoms with Crippen molar-refractivity contribution in [3.63, 3.8) is 0 Å². The number of anilines is 1. The predicted molar refractivity (Wildman–Crippen MR) is 94.4 cm³/mol. The van der Waals surface area contributed by atoms with Crippen molar-refractivity contribution in [1.29, 1.82) is 0 Å². The van der Waals surface area contributed by atoms with E-state index in [1.54, 1.807) is 7.11 Å². The summed E-state index contributed by atoms with van der Waals surface area (Å²) in [5.41, 5.74) is 1.59. The highest BCUT2D eigenvalue weighted by Gasteiger charge is 2.09. The molecule has 0 spiro atoms. The number of carbonyl (C=O) groups excluding carboxylic acids is 1. The largest absolute Gasteiger partial charge is 0.496 e. The summed E-state index contributed by atoms with van der Waals surface area (Å²) in [4.78, 5) is 20.4. The molecule has 1 atom stereocenters. The molecule has 0 saturated carbocycles. The first kappa shape index (κ1) is 17.7. The molecule has 0 bridgehead atoms. The lowest BCUT2D eigenvalue weighted by atomic mass is 10.1. The molecule has 0 radical (unpaired) electrons. The summed E-state index contributed by atoms with van der Waals surface area (Å²) in [6, 6.07) is 8.04. The van der Waals surface area contributed by atoms with E-state index in [0.29, 0.717) is 18.1 Å². The summed E-state index contributed by atoms with van der Waals surface area (Å²) < 4.78 is 5.33. The van der Waals surface area contributed by atoms with Gasteiger partial charge in [0.15, 0.2) is 0 Å². The second kappa shape index (κ2) is 8.86. The second-order valence-electron chi connectivity index (χ2n) is 5.57. The molecule has 1 aromatic carbocycles. The molecule has 0 fully saturated rings. The van der Waals surface area contributed by atoms with Crippen molar-refractivity contribution in [2.45, 2.75) is 32.7 Å². The van der Waals surface area contributed by atoms with Gasteiger partial charge in [-0.1, -0.05) is 25.1 Å². The molecule has 2 rings (SSSR count). The van der Waals surface area contributed by atoms with E-state index >= 15 is 0 Å². The van der Waals surface area contributed by atoms with Gasteiger partial charge in [0, 0.05) is 25.0 Å². The van der Waals surface area contributed by atoms with Crippen molar-refractivity contribution in [1.82, 2.24) is 15.3 Å². The van der Waals surface area contributed by atoms with E-state index in [0.717, 1.165) is 24.2 Å². The standard InChI is InChI=1S/C18H24N4O2/c1-4-13(2)22-17(23)15-11-20-18(21-12-15)19-10-9-14-7-5-6-8-16(14)24-3/h5-8,11-13H,4,9-10H2,1-3H3,(H,22,23)(H,19,20,21). The normalized spacial score (nSPS) is 11.6. The van der Waals surface area contributed by atoms with E-state index in [-0.39, 0.29) is 11.9 Å². The maximum absolute atomic E-state index is 12.0. The zero-order valence-electron chi connectivity index (χ0n) is 14.4. The topological polar surface area (TPSA) is 76.1 Å². The molecule has 0 saturated heterocycles. The number of rotatable bonds is 8. The number of nitrogens with one attached hydrogen (secondary N) is 2. The average molecular weight is 328 g/mol. The molecule has 128 valence electrons. The SMILES string of the molecule is CCC(C)NC(=O)c1cnc(NCCc2ccccc2OC)nc1. The summed E-state index contributed by atoms with van der Waals surface area (Å²) in [7, 11) is 1.67. The van der Waals surface area contributed by atoms with Crippen LogP contribution < -0.4 is 15.4 Å². The molecule has 1 aromatic heterocycles. The van der Waals surface area contributed by atoms with Crippen LogP contribution in [0.3, 0.4) is 0 Å². The molecular formula is C18H24N4O2. The Labute approximate surface area is 142 Å². The highest BCUT2D eigenvalue weighted by atomic mass is 16.5. The maximum atomic E-state index is 12.0. The van der Waals surface area contributed by atoms with E-state index < -0.39 is 0 Å². The fourth-order valence-corrected chi connectivity index (χ4v) is 2.16. The second-order valence-corrected chi connectivity index (χ2v) is 5.57. The van der Waals surface area contributed by atoms with Crippen molar-refractivity contribution in [2.24, 2.45) is 0 Å². The van der Waals surface area contributed by atoms with Crippen LogP contribution in [0.5, 0.6) is 5.75 Å². The van der Waals surface area contributed by atoms with Crippen LogP contribution in [0.25, 0.3) is 0 Å². The van der Waals surface area contributed by atoms with Gasteiger partial charge in [-0.2, -0.15) is 0 Å². The van der Waals surface area contributed by atoms with Crippen LogP contribution in [0.15, 0.2) is 36.7 Å². The van der Waals surface area contributed by atoms with E-state index in [9.17, 15) is 4.79 Å². The van der Waals surface area contributed by atoms with Crippen molar-refractivity contribution in [3.8, 4) is 5.75 Å². The average Bonchev–Trinajstić information content (AvgIpc) is 2.62. The predicted octanol–water partition coefficient (Wildman–Crippen LogP) is 2.67. The molecule has 0 aliphatic rings. The molecular weight excluding hydrogens is 304 g/mol. The first-order valence-corrected chi connectivity index (χ1v) is 8.12. The summed E-state index contributed by atoms with van der Waals surface area (Å²) in [5, 5.41) is 6.04. The Kier molecular flexibility index (Phi) is 6.54. The molecule has 6 heteroatoms. The molecule has 24 heavy (non-hydrogen) atoms. The van der Waals surface area contributed by atoms with Gasteiger partial charge in [-0.3, -0.25) is 4.79 Å². The summed E-state index contributed by atoms with van der Waals surface area (Å²) in [6.45, 7) is 4.67. The Morgan fingerprint density at radius 3 is 2.62 bits per heavy atom. The molecule has 1 amide bonds. The van der Waals surface area contributed by atoms with Crippen molar-refractivity contribution < 1.29 is 9.53 Å². The lowest BCUT2D eigenvalue weighted by Crippen LogP contribution is -2.32. The van der Waals surface area contributed by atoms with Crippen LogP contribution in [0.1, 0.15) is 36.2 Å². The third-order valence-electron chi connectivity index (χ3n) is 3.77. The van der Waals surface area contributed by atoms with Gasteiger partial charge in [0.1, 0.15) is 5.75 Å². The van der Waals surface area contributed by atoms with Crippen LogP contribution in [-0.2, 0) is 6.42 Å². The number of aromatic nitrogens is 2. The van der Waals surface area contributed by atoms with Gasteiger partial charge < -0.3 is 15.4 Å². The van der Waals surface area contributed by atoms with Gasteiger partial charge in [-0.05, 0) is 31.4 Å². The fraction of sp³-hybridized carbons (Fsp3) is 0.389. The minimum Gasteiger partial charge on any atom is -0.496 e. The van der Waals surface area contributed by atoms with Crippen LogP contribution in [-0.4, -0.2) is 35.6 Å². The monoisotopic (exact) mass is 328 g/mol. The molecule has 2 aromatic rings. The van der Waals surface area contributed by atoms with Gasteiger partial charge >= 0.3 is 0 Å². The van der Waals surface area contributed by atoms with E-state index in [1.165, 1.54) is 12.4 Å². The quantitative estimate of drug-likeness (QED) is 0.779. The van der Waals surface area contributed by atoms with Gasteiger partial charge in [0.2, 0.25) is 5.95 Å². The number of benzene rings is 1. The van der Waals surface area contributed by atoms with Crippen molar-refractivity contribution in [3.05, 3.63) is 47.8 Å². The Morgan fingerprint density at radius 1 is 1.25 bits per heavy atom. The minimum atomic E-state index is -0.148. The van der Waals surface area contributed by atoms with Crippen LogP contribution >= 0.6 is 0 Å². The smallest absolute Gasteiger partial charge is 0.254 e. The summed E-state index contributed by atoms with van der Waals surface area (Å²) >= 11 is 0. The summed E-state index contributed by atoms with van der Waals surface area (Å²) in [6.07, 6.45) is 4.76. The lowest BCUT2D eigenvalue weighted by Gasteiger charge is -2.11. The number of amides is 1. The zero-order chi connectivity index (χ0) is 17.4. The highest BCUT2D eigenvalue weighted by Crippen LogP contribution is 2.17. The van der Waals surface area contributed by atoms with Crippen LogP contribution in [0.2, 0.25) is 0 Å². The molecule has 6 nitrogen and oxygen atoms in total. The third kappa shape index (κ3) is 4.94. The number of carbonyl (C=O) groups is 1. The highest BCUT2D eigenvalue weighted by molar-refractivity contribution is 5.93. The number of hydrogen-bond donors (Lipinski definition) is 2. The maximum Gasteiger partial charge on any atom is 0.254 e. The van der Waals surface area contributed by atoms with Gasteiger partial charge in [-0.15, -0.1) is 0 Å². The van der Waals surface area contributed by atoms with Gasteiger partial charge in [0.05, 0.1) is 12.7 Å². The van der Waals surface area contributed by atoms with E-state index in [4.69, 9.17) is 4.74 Å². The summed E-state index contributed by atoms with van der Waals surface area (Å²) in [5.74, 6) is 1.23. The molecule has 0 aliphatic carbocycles. The first-order valence-electron chi connectivity index (χ1n) is 8.12. The number of ether oxygens (including phenoxy) is 1. The van der Waals surface area contributed by atoms with E-state index in [2.05, 4.69) is 20.6 Å². The van der Waals surface area contributed by atoms with Gasteiger partial charge in [0.25, 0.3) is 5.91 Å². The number of para-hydroxylation sites is 1. The number of hydrogen-bond acceptors (Lipinski definition) is 5. The van der Waals surface area contributed by atoms with Crippen LogP contribution in [0, 0.1) is 0 Å². The molecule has 0 aliphatic heterocycles. The molecule has 2 N–H and O–H groups in total. The first-order chi connectivity index (χ1) is 11.6. The molecule has 1 unspecified atom stereocenters. The Bertz CT molecular complexity index is 658.